The number of nitrogens with zero attached hydrogens (tertiary/aromatic N) is 1. The van der Waals surface area contributed by atoms with Crippen molar-refractivity contribution < 1.29 is 13.2 Å². The molecule has 0 aliphatic carbocycles. The number of aromatic amines is 1. The van der Waals surface area contributed by atoms with E-state index >= 15 is 0 Å². The summed E-state index contributed by atoms with van der Waals surface area (Å²) in [4.78, 5) is 0.229. The lowest BCUT2D eigenvalue weighted by molar-refractivity contribution is 0.411. The Morgan fingerprint density at radius 1 is 1.26 bits per heavy atom. The highest BCUT2D eigenvalue weighted by Gasteiger charge is 2.19. The fourth-order valence-corrected chi connectivity index (χ4v) is 3.14. The fourth-order valence-electron chi connectivity index (χ4n) is 1.79. The number of hydrogen-bond donors (Lipinski definition) is 2. The number of methoxy groups -OCH3 is 1. The number of hydrogen-bond acceptors (Lipinski definition) is 4. The molecule has 6 nitrogen and oxygen atoms in total. The summed E-state index contributed by atoms with van der Waals surface area (Å²) < 4.78 is 32.2. The van der Waals surface area contributed by atoms with Gasteiger partial charge in [0, 0.05) is 6.20 Å². The molecule has 0 fully saturated rings. The molecule has 0 amide bonds. The molecule has 19 heavy (non-hydrogen) atoms. The highest BCUT2D eigenvalue weighted by Crippen LogP contribution is 2.26. The number of rotatable bonds is 4. The van der Waals surface area contributed by atoms with Gasteiger partial charge in [0.15, 0.2) is 0 Å². The van der Waals surface area contributed by atoms with Gasteiger partial charge in [-0.3, -0.25) is 9.82 Å². The van der Waals surface area contributed by atoms with Crippen LogP contribution in [0, 0.1) is 13.8 Å². The Morgan fingerprint density at radius 2 is 2.00 bits per heavy atom. The van der Waals surface area contributed by atoms with Crippen LogP contribution >= 0.6 is 0 Å². The molecule has 0 aliphatic heterocycles. The minimum absolute atomic E-state index is 0.229. The maximum atomic E-state index is 12.3. The van der Waals surface area contributed by atoms with E-state index in [9.17, 15) is 8.42 Å². The van der Waals surface area contributed by atoms with Crippen LogP contribution in [0.4, 0.5) is 5.69 Å². The average Bonchev–Trinajstić information content (AvgIpc) is 2.83. The Kier molecular flexibility index (Phi) is 3.48. The first-order valence-corrected chi connectivity index (χ1v) is 7.09. The minimum atomic E-state index is -3.63. The first-order chi connectivity index (χ1) is 8.94. The van der Waals surface area contributed by atoms with Crippen molar-refractivity contribution in [3.8, 4) is 5.75 Å². The Hall–Kier alpha value is -2.02. The first-order valence-electron chi connectivity index (χ1n) is 5.61. The largest absolute Gasteiger partial charge is 0.496 e. The summed E-state index contributed by atoms with van der Waals surface area (Å²) in [7, 11) is -2.07. The summed E-state index contributed by atoms with van der Waals surface area (Å²) in [5.41, 5.74) is 1.78. The molecule has 2 rings (SSSR count). The van der Waals surface area contributed by atoms with Gasteiger partial charge in [0.05, 0.1) is 23.9 Å². The predicted octanol–water partition coefficient (Wildman–Crippen LogP) is 1.84. The number of benzene rings is 1. The van der Waals surface area contributed by atoms with E-state index in [1.54, 1.807) is 33.1 Å². The standard InChI is InChI=1S/C12H15N3O3S/c1-8-5-12(9(2)4-11(8)18-3)19(16,17)15-10-6-13-14-7-10/h4-7,15H,1-3H3,(H,13,14). The Labute approximate surface area is 111 Å². The summed E-state index contributed by atoms with van der Waals surface area (Å²) in [6, 6.07) is 3.30. The van der Waals surface area contributed by atoms with Gasteiger partial charge in [-0.25, -0.2) is 8.42 Å². The van der Waals surface area contributed by atoms with E-state index in [0.717, 1.165) is 5.56 Å². The predicted molar refractivity (Wildman–Crippen MR) is 71.9 cm³/mol. The van der Waals surface area contributed by atoms with Crippen LogP contribution < -0.4 is 9.46 Å². The van der Waals surface area contributed by atoms with Crippen molar-refractivity contribution in [2.24, 2.45) is 0 Å². The van der Waals surface area contributed by atoms with Gasteiger partial charge in [0.1, 0.15) is 5.75 Å². The van der Waals surface area contributed by atoms with Crippen LogP contribution in [-0.4, -0.2) is 25.7 Å². The molecule has 1 aromatic carbocycles. The van der Waals surface area contributed by atoms with E-state index < -0.39 is 10.0 Å². The van der Waals surface area contributed by atoms with Crippen molar-refractivity contribution in [2.75, 3.05) is 11.8 Å². The molecule has 1 heterocycles. The number of anilines is 1. The fraction of sp³-hybridized carbons (Fsp3) is 0.250. The highest BCUT2D eigenvalue weighted by atomic mass is 32.2. The summed E-state index contributed by atoms with van der Waals surface area (Å²) >= 11 is 0. The van der Waals surface area contributed by atoms with E-state index in [1.807, 2.05) is 0 Å². The third kappa shape index (κ3) is 2.70. The molecule has 0 atom stereocenters. The normalized spacial score (nSPS) is 11.3. The van der Waals surface area contributed by atoms with Crippen molar-refractivity contribution in [3.05, 3.63) is 35.7 Å². The number of aryl methyl sites for hydroxylation is 2. The Morgan fingerprint density at radius 3 is 2.58 bits per heavy atom. The molecule has 1 aromatic heterocycles. The first kappa shape index (κ1) is 13.4. The molecule has 102 valence electrons. The summed E-state index contributed by atoms with van der Waals surface area (Å²) in [6.07, 6.45) is 2.88. The summed E-state index contributed by atoms with van der Waals surface area (Å²) in [5, 5.41) is 6.25. The zero-order valence-corrected chi connectivity index (χ0v) is 11.7. The van der Waals surface area contributed by atoms with Crippen LogP contribution in [0.5, 0.6) is 5.75 Å². The van der Waals surface area contributed by atoms with Crippen LogP contribution in [0.15, 0.2) is 29.4 Å². The van der Waals surface area contributed by atoms with E-state index in [-0.39, 0.29) is 4.90 Å². The zero-order valence-electron chi connectivity index (χ0n) is 10.9. The molecule has 7 heteroatoms. The molecule has 0 unspecified atom stereocenters. The second-order valence-electron chi connectivity index (χ2n) is 4.18. The number of H-pyrrole nitrogens is 1. The lowest BCUT2D eigenvalue weighted by Gasteiger charge is -2.12. The molecular weight excluding hydrogens is 266 g/mol. The zero-order chi connectivity index (χ0) is 14.0. The molecule has 0 spiro atoms. The lowest BCUT2D eigenvalue weighted by atomic mass is 10.1. The smallest absolute Gasteiger partial charge is 0.262 e. The van der Waals surface area contributed by atoms with Gasteiger partial charge in [-0.15, -0.1) is 0 Å². The topological polar surface area (TPSA) is 84.1 Å². The number of sulfonamides is 1. The number of ether oxygens (including phenoxy) is 1. The van der Waals surface area contributed by atoms with Gasteiger partial charge in [-0.2, -0.15) is 5.10 Å². The number of aromatic nitrogens is 2. The van der Waals surface area contributed by atoms with Crippen molar-refractivity contribution >= 4 is 15.7 Å². The van der Waals surface area contributed by atoms with Crippen molar-refractivity contribution in [3.63, 3.8) is 0 Å². The van der Waals surface area contributed by atoms with E-state index in [2.05, 4.69) is 14.9 Å². The molecule has 2 N–H and O–H groups in total. The average molecular weight is 281 g/mol. The van der Waals surface area contributed by atoms with E-state index in [1.165, 1.54) is 12.4 Å². The van der Waals surface area contributed by atoms with Crippen LogP contribution in [0.3, 0.4) is 0 Å². The van der Waals surface area contributed by atoms with E-state index in [4.69, 9.17) is 4.74 Å². The van der Waals surface area contributed by atoms with Gasteiger partial charge in [-0.05, 0) is 37.1 Å². The Bertz CT molecular complexity index is 678. The van der Waals surface area contributed by atoms with Gasteiger partial charge < -0.3 is 4.74 Å². The summed E-state index contributed by atoms with van der Waals surface area (Å²) in [5.74, 6) is 0.666. The molecule has 0 aliphatic rings. The lowest BCUT2D eigenvalue weighted by Crippen LogP contribution is -2.14. The molecule has 0 bridgehead atoms. The third-order valence-corrected chi connectivity index (χ3v) is 4.26. The van der Waals surface area contributed by atoms with Crippen LogP contribution in [-0.2, 0) is 10.0 Å². The van der Waals surface area contributed by atoms with Crippen LogP contribution in [0.1, 0.15) is 11.1 Å². The Balaban J connectivity index is 2.43. The summed E-state index contributed by atoms with van der Waals surface area (Å²) in [6.45, 7) is 3.53. The van der Waals surface area contributed by atoms with Crippen LogP contribution in [0.25, 0.3) is 0 Å². The van der Waals surface area contributed by atoms with Crippen molar-refractivity contribution in [1.82, 2.24) is 10.2 Å². The highest BCUT2D eigenvalue weighted by molar-refractivity contribution is 7.92. The molecule has 0 radical (unpaired) electrons. The van der Waals surface area contributed by atoms with Gasteiger partial charge in [0.25, 0.3) is 10.0 Å². The molecule has 0 saturated carbocycles. The second-order valence-corrected chi connectivity index (χ2v) is 5.83. The maximum Gasteiger partial charge on any atom is 0.262 e. The van der Waals surface area contributed by atoms with Crippen molar-refractivity contribution in [1.29, 1.82) is 0 Å². The van der Waals surface area contributed by atoms with Gasteiger partial charge in [-0.1, -0.05) is 0 Å². The second kappa shape index (κ2) is 4.93. The third-order valence-electron chi connectivity index (χ3n) is 2.73. The maximum absolute atomic E-state index is 12.3. The number of nitrogens with one attached hydrogen (secondary N) is 2. The quantitative estimate of drug-likeness (QED) is 0.895. The van der Waals surface area contributed by atoms with Gasteiger partial charge >= 0.3 is 0 Å². The van der Waals surface area contributed by atoms with Crippen LogP contribution in [0.2, 0.25) is 0 Å². The molecular formula is C12H15N3O3S. The van der Waals surface area contributed by atoms with Gasteiger partial charge in [0.2, 0.25) is 0 Å². The SMILES string of the molecule is COc1cc(C)c(S(=O)(=O)Nc2cn[nH]c2)cc1C. The molecule has 0 saturated heterocycles. The van der Waals surface area contributed by atoms with E-state index in [0.29, 0.717) is 17.0 Å². The minimum Gasteiger partial charge on any atom is -0.496 e. The molecule has 2 aromatic rings. The van der Waals surface area contributed by atoms with Crippen molar-refractivity contribution in [2.45, 2.75) is 18.7 Å². The monoisotopic (exact) mass is 281 g/mol.